The lowest BCUT2D eigenvalue weighted by molar-refractivity contribution is 0.258. The van der Waals surface area contributed by atoms with Crippen molar-refractivity contribution in [3.8, 4) is 10.4 Å². The van der Waals surface area contributed by atoms with Crippen LogP contribution in [-0.4, -0.2) is 6.03 Å². The summed E-state index contributed by atoms with van der Waals surface area (Å²) in [7, 11) is 0. The van der Waals surface area contributed by atoms with Gasteiger partial charge in [0.2, 0.25) is 0 Å². The van der Waals surface area contributed by atoms with Gasteiger partial charge in [-0.05, 0) is 36.8 Å². The zero-order valence-corrected chi connectivity index (χ0v) is 12.1. The van der Waals surface area contributed by atoms with E-state index in [2.05, 4.69) is 27.9 Å². The van der Waals surface area contributed by atoms with Crippen LogP contribution in [0.2, 0.25) is 0 Å². The van der Waals surface area contributed by atoms with Gasteiger partial charge < -0.3 is 5.32 Å². The van der Waals surface area contributed by atoms with Crippen molar-refractivity contribution in [2.24, 2.45) is 0 Å². The molecule has 1 aromatic heterocycles. The van der Waals surface area contributed by atoms with Crippen LogP contribution < -0.4 is 8.85 Å². The molecule has 88 valence electrons. The zero-order valence-electron chi connectivity index (χ0n) is 9.16. The summed E-state index contributed by atoms with van der Waals surface area (Å²) in [4.78, 5) is 13.7. The Morgan fingerprint density at radius 2 is 2.12 bits per heavy atom. The Labute approximate surface area is 118 Å². The predicted octanol–water partition coefficient (Wildman–Crippen LogP) is 4.20. The van der Waals surface area contributed by atoms with E-state index < -0.39 is 0 Å². The van der Waals surface area contributed by atoms with E-state index in [9.17, 15) is 4.79 Å². The second-order valence-corrected chi connectivity index (χ2v) is 5.37. The minimum absolute atomic E-state index is 0.217. The molecule has 1 aromatic carbocycles. The molecule has 1 heterocycles. The molecule has 0 fully saturated rings. The van der Waals surface area contributed by atoms with Gasteiger partial charge in [0.1, 0.15) is 0 Å². The van der Waals surface area contributed by atoms with E-state index in [1.165, 1.54) is 9.75 Å². The molecule has 0 aliphatic heterocycles. The molecular formula is C12H11IN2OS. The number of rotatable bonds is 2. The smallest absolute Gasteiger partial charge is 0.307 e. The first-order chi connectivity index (χ1) is 8.19. The molecule has 0 bridgehead atoms. The number of carbonyl (C=O) groups is 1. The molecule has 0 unspecified atom stereocenters. The molecule has 2 amide bonds. The minimum Gasteiger partial charge on any atom is -0.307 e. The van der Waals surface area contributed by atoms with Crippen molar-refractivity contribution >= 4 is 45.9 Å². The Bertz CT molecular complexity index is 539. The molecule has 3 nitrogen and oxygen atoms in total. The molecule has 5 heteroatoms. The fourth-order valence-corrected chi connectivity index (χ4v) is 2.49. The molecule has 0 aliphatic rings. The Kier molecular flexibility index (Phi) is 4.01. The van der Waals surface area contributed by atoms with Crippen LogP contribution >= 0.6 is 34.2 Å². The molecule has 2 N–H and O–H groups in total. The third kappa shape index (κ3) is 3.19. The largest absolute Gasteiger partial charge is 0.327 e. The van der Waals surface area contributed by atoms with Crippen molar-refractivity contribution in [2.45, 2.75) is 6.92 Å². The van der Waals surface area contributed by atoms with Crippen molar-refractivity contribution in [3.63, 3.8) is 0 Å². The first kappa shape index (κ1) is 12.4. The highest BCUT2D eigenvalue weighted by Crippen LogP contribution is 2.29. The van der Waals surface area contributed by atoms with Crippen LogP contribution in [0.25, 0.3) is 10.4 Å². The highest BCUT2D eigenvalue weighted by Gasteiger charge is 2.03. The molecule has 0 atom stereocenters. The maximum atomic E-state index is 11.2. The van der Waals surface area contributed by atoms with Crippen LogP contribution in [-0.2, 0) is 0 Å². The van der Waals surface area contributed by atoms with Gasteiger partial charge in [-0.25, -0.2) is 4.79 Å². The summed E-state index contributed by atoms with van der Waals surface area (Å²) in [5, 5.41) is 2.76. The first-order valence-corrected chi connectivity index (χ1v) is 6.93. The van der Waals surface area contributed by atoms with E-state index in [4.69, 9.17) is 0 Å². The summed E-state index contributed by atoms with van der Waals surface area (Å²) in [6, 6.07) is 11.8. The quantitative estimate of drug-likeness (QED) is 0.613. The second kappa shape index (κ2) is 5.50. The molecule has 0 spiro atoms. The Balaban J connectivity index is 2.25. The van der Waals surface area contributed by atoms with Crippen molar-refractivity contribution < 1.29 is 4.79 Å². The maximum Gasteiger partial charge on any atom is 0.327 e. The summed E-state index contributed by atoms with van der Waals surface area (Å²) in [5.41, 5.74) is 1.91. The van der Waals surface area contributed by atoms with Gasteiger partial charge in [-0.3, -0.25) is 3.53 Å². The third-order valence-corrected chi connectivity index (χ3v) is 3.77. The number of amides is 2. The number of benzene rings is 1. The predicted molar refractivity (Wildman–Crippen MR) is 80.7 cm³/mol. The highest BCUT2D eigenvalue weighted by atomic mass is 127. The van der Waals surface area contributed by atoms with Crippen LogP contribution in [0.3, 0.4) is 0 Å². The topological polar surface area (TPSA) is 41.1 Å². The Hall–Kier alpha value is -1.08. The van der Waals surface area contributed by atoms with Crippen LogP contribution in [0.4, 0.5) is 10.5 Å². The number of hydrogen-bond acceptors (Lipinski definition) is 2. The molecule has 17 heavy (non-hydrogen) atoms. The van der Waals surface area contributed by atoms with Gasteiger partial charge >= 0.3 is 6.03 Å². The fraction of sp³-hybridized carbons (Fsp3) is 0.0833. The van der Waals surface area contributed by atoms with Crippen LogP contribution in [0.15, 0.2) is 36.4 Å². The standard InChI is InChI=1S/C12H11IN2OS/c1-8-5-6-11(17-8)9-3-2-4-10(7-9)14-12(16)15-13/h2-7H,1H3,(H2,14,15,16). The average molecular weight is 358 g/mol. The van der Waals surface area contributed by atoms with Crippen molar-refractivity contribution in [1.82, 2.24) is 3.53 Å². The Morgan fingerprint density at radius 3 is 2.76 bits per heavy atom. The minimum atomic E-state index is -0.217. The molecule has 0 saturated heterocycles. The lowest BCUT2D eigenvalue weighted by Gasteiger charge is -2.05. The molecule has 0 radical (unpaired) electrons. The van der Waals surface area contributed by atoms with Gasteiger partial charge in [-0.1, -0.05) is 12.1 Å². The first-order valence-electron chi connectivity index (χ1n) is 5.03. The molecule has 0 aliphatic carbocycles. The lowest BCUT2D eigenvalue weighted by atomic mass is 10.1. The van der Waals surface area contributed by atoms with E-state index in [0.717, 1.165) is 11.3 Å². The third-order valence-electron chi connectivity index (χ3n) is 2.23. The summed E-state index contributed by atoms with van der Waals surface area (Å²) in [5.74, 6) is 0. The Morgan fingerprint density at radius 1 is 1.29 bits per heavy atom. The molecule has 2 rings (SSSR count). The zero-order chi connectivity index (χ0) is 12.3. The normalized spacial score (nSPS) is 10.0. The lowest BCUT2D eigenvalue weighted by Crippen LogP contribution is -2.19. The maximum absolute atomic E-state index is 11.2. The van der Waals surface area contributed by atoms with Crippen molar-refractivity contribution in [1.29, 1.82) is 0 Å². The van der Waals surface area contributed by atoms with E-state index >= 15 is 0 Å². The summed E-state index contributed by atoms with van der Waals surface area (Å²) in [6.07, 6.45) is 0. The number of nitrogens with one attached hydrogen (secondary N) is 2. The van der Waals surface area contributed by atoms with Gasteiger partial charge in [0.15, 0.2) is 0 Å². The fourth-order valence-electron chi connectivity index (χ4n) is 1.49. The van der Waals surface area contributed by atoms with Crippen LogP contribution in [0, 0.1) is 6.92 Å². The van der Waals surface area contributed by atoms with E-state index in [1.54, 1.807) is 34.2 Å². The molecular weight excluding hydrogens is 347 g/mol. The average Bonchev–Trinajstić information content (AvgIpc) is 2.76. The molecule has 2 aromatic rings. The number of hydrogen-bond donors (Lipinski definition) is 2. The summed E-state index contributed by atoms with van der Waals surface area (Å²) in [6.45, 7) is 2.08. The summed E-state index contributed by atoms with van der Waals surface area (Å²) < 4.78 is 2.50. The number of anilines is 1. The van der Waals surface area contributed by atoms with Gasteiger partial charge in [-0.2, -0.15) is 0 Å². The van der Waals surface area contributed by atoms with Crippen molar-refractivity contribution in [2.75, 3.05) is 5.32 Å². The number of carbonyl (C=O) groups excluding carboxylic acids is 1. The van der Waals surface area contributed by atoms with Gasteiger partial charge in [0.05, 0.1) is 22.9 Å². The second-order valence-electron chi connectivity index (χ2n) is 3.54. The SMILES string of the molecule is Cc1ccc(-c2cccc(NC(=O)NI)c2)s1. The van der Waals surface area contributed by atoms with E-state index in [0.29, 0.717) is 0 Å². The monoisotopic (exact) mass is 358 g/mol. The van der Waals surface area contributed by atoms with Crippen molar-refractivity contribution in [3.05, 3.63) is 41.3 Å². The van der Waals surface area contributed by atoms with E-state index in [1.807, 2.05) is 24.3 Å². The van der Waals surface area contributed by atoms with Crippen LogP contribution in [0.1, 0.15) is 4.88 Å². The van der Waals surface area contributed by atoms with Gasteiger partial charge in [0, 0.05) is 15.4 Å². The number of urea groups is 1. The van der Waals surface area contributed by atoms with Crippen LogP contribution in [0.5, 0.6) is 0 Å². The van der Waals surface area contributed by atoms with Gasteiger partial charge in [0.25, 0.3) is 0 Å². The van der Waals surface area contributed by atoms with E-state index in [-0.39, 0.29) is 6.03 Å². The highest BCUT2D eigenvalue weighted by molar-refractivity contribution is 14.1. The number of halogens is 1. The number of aryl methyl sites for hydroxylation is 1. The molecule has 0 saturated carbocycles. The van der Waals surface area contributed by atoms with Gasteiger partial charge in [-0.15, -0.1) is 11.3 Å². The number of thiophene rings is 1. The summed E-state index contributed by atoms with van der Waals surface area (Å²) >= 11 is 3.55.